The molecule has 0 spiro atoms. The van der Waals surface area contributed by atoms with Gasteiger partial charge in [0.05, 0.1) is 7.11 Å². The van der Waals surface area contributed by atoms with Gasteiger partial charge < -0.3 is 58.7 Å². The van der Waals surface area contributed by atoms with Crippen molar-refractivity contribution in [2.24, 2.45) is 32.9 Å². The fraction of sp³-hybridized carbons (Fsp3) is 0.432. The zero-order chi connectivity index (χ0) is 40.4. The van der Waals surface area contributed by atoms with Crippen LogP contribution in [0.4, 0.5) is 4.79 Å². The Hall–Kier alpha value is -6.33. The number of aliphatic imine (C=N–C) groups is 2. The molecule has 0 radical (unpaired) electrons. The summed E-state index contributed by atoms with van der Waals surface area (Å²) in [6.45, 7) is 5.70. The van der Waals surface area contributed by atoms with Gasteiger partial charge in [-0.05, 0) is 76.3 Å². The highest BCUT2D eigenvalue weighted by atomic mass is 16.6. The Morgan fingerprint density at radius 1 is 0.782 bits per heavy atom. The van der Waals surface area contributed by atoms with Crippen LogP contribution >= 0.6 is 0 Å². The van der Waals surface area contributed by atoms with E-state index in [1.54, 1.807) is 46.2 Å². The van der Waals surface area contributed by atoms with Crippen LogP contribution in [0.1, 0.15) is 57.7 Å². The maximum Gasteiger partial charge on any atom is 0.408 e. The first kappa shape index (κ1) is 43.1. The van der Waals surface area contributed by atoms with Gasteiger partial charge in [-0.1, -0.05) is 30.3 Å². The van der Waals surface area contributed by atoms with Crippen molar-refractivity contribution in [3.8, 4) is 17.1 Å². The summed E-state index contributed by atoms with van der Waals surface area (Å²) >= 11 is 0. The summed E-state index contributed by atoms with van der Waals surface area (Å²) in [6, 6.07) is 13.1. The van der Waals surface area contributed by atoms with Crippen LogP contribution in [0, 0.1) is 0 Å². The summed E-state index contributed by atoms with van der Waals surface area (Å²) < 4.78 is 10.6. The molecule has 0 unspecified atom stereocenters. The molecule has 0 aliphatic carbocycles. The lowest BCUT2D eigenvalue weighted by molar-refractivity contribution is -0.132. The summed E-state index contributed by atoms with van der Waals surface area (Å²) in [5.74, 6) is -0.811. The molecule has 298 valence electrons. The fourth-order valence-corrected chi connectivity index (χ4v) is 5.24. The Labute approximate surface area is 320 Å². The van der Waals surface area contributed by atoms with E-state index < -0.39 is 47.5 Å². The number of aromatic nitrogens is 2. The summed E-state index contributed by atoms with van der Waals surface area (Å²) in [6.07, 6.45) is 1.64. The predicted octanol–water partition coefficient (Wildman–Crippen LogP) is 0.914. The second-order valence-corrected chi connectivity index (χ2v) is 13.6. The van der Waals surface area contributed by atoms with Gasteiger partial charge in [0.1, 0.15) is 35.3 Å². The van der Waals surface area contributed by atoms with Gasteiger partial charge >= 0.3 is 6.09 Å². The number of ether oxygens (including phenoxy) is 2. The zero-order valence-corrected chi connectivity index (χ0v) is 31.8. The van der Waals surface area contributed by atoms with Crippen LogP contribution in [0.15, 0.2) is 70.8 Å². The molecule has 0 bridgehead atoms. The third-order valence-electron chi connectivity index (χ3n) is 7.89. The normalized spacial score (nSPS) is 12.6. The summed E-state index contributed by atoms with van der Waals surface area (Å²) in [5, 5.41) is 11.0. The van der Waals surface area contributed by atoms with Crippen LogP contribution in [0.25, 0.3) is 11.4 Å². The lowest BCUT2D eigenvalue weighted by Crippen LogP contribution is -2.57. The molecule has 18 heteroatoms. The highest BCUT2D eigenvalue weighted by molar-refractivity contribution is 5.94. The molecule has 0 fully saturated rings. The van der Waals surface area contributed by atoms with E-state index in [2.05, 4.69) is 41.2 Å². The molecular weight excluding hydrogens is 708 g/mol. The minimum Gasteiger partial charge on any atom is -0.497 e. The van der Waals surface area contributed by atoms with Crippen molar-refractivity contribution in [3.05, 3.63) is 72.1 Å². The number of nitrogens with one attached hydrogen (secondary N) is 5. The largest absolute Gasteiger partial charge is 0.497 e. The number of carbonyl (C=O) groups is 4. The molecular formula is C37H54N12O6. The standard InChI is InChI=1S/C37H54N12O6/c1-37(2,3)55-36(53)49-28(13-9-19-43-35(40)41)32(51)48-29(20-25-22-44-30(46-25)24-14-16-26(54-4)17-15-24)33(52)47-27(12-8-18-42-34(38)39)31(50)45-21-23-10-6-5-7-11-23/h5-7,10-11,14-17,22,27-29H,8-9,12-13,18-21H2,1-4H3,(H,44,46)(H,45,50)(H,47,52)(H,48,51)(H,49,53)(H4,38,39,42)(H4,40,41,43)/t27-,28-,29-/m0/s1. The minimum absolute atomic E-state index is 0.0553. The number of carbonyl (C=O) groups excluding carboxylic acids is 4. The monoisotopic (exact) mass is 762 g/mol. The SMILES string of the molecule is COc1ccc(-c2ncc(C[C@H](NC(=O)[C@H](CCCN=C(N)N)NC(=O)OC(C)(C)C)C(=O)N[C@@H](CCCN=C(N)N)C(=O)NCc3ccccc3)[nH]2)cc1. The quantitative estimate of drug-likeness (QED) is 0.0443. The molecule has 3 aromatic rings. The van der Waals surface area contributed by atoms with E-state index in [0.29, 0.717) is 30.1 Å². The Kier molecular flexibility index (Phi) is 16.8. The Balaban J connectivity index is 1.90. The van der Waals surface area contributed by atoms with Gasteiger partial charge in [-0.2, -0.15) is 0 Å². The summed E-state index contributed by atoms with van der Waals surface area (Å²) in [4.78, 5) is 70.0. The average Bonchev–Trinajstić information content (AvgIpc) is 3.60. The van der Waals surface area contributed by atoms with Crippen molar-refractivity contribution in [2.75, 3.05) is 20.2 Å². The third-order valence-corrected chi connectivity index (χ3v) is 7.89. The number of hydrogen-bond acceptors (Lipinski definition) is 9. The number of rotatable bonds is 20. The summed E-state index contributed by atoms with van der Waals surface area (Å²) in [7, 11) is 1.57. The second kappa shape index (κ2) is 21.4. The smallest absolute Gasteiger partial charge is 0.408 e. The van der Waals surface area contributed by atoms with Crippen molar-refractivity contribution in [1.29, 1.82) is 0 Å². The number of nitrogens with two attached hydrogens (primary N) is 4. The van der Waals surface area contributed by atoms with Gasteiger partial charge in [0.15, 0.2) is 11.9 Å². The highest BCUT2D eigenvalue weighted by Gasteiger charge is 2.31. The molecule has 4 amide bonds. The number of benzene rings is 2. The van der Waals surface area contributed by atoms with E-state index in [-0.39, 0.29) is 50.8 Å². The number of nitrogens with zero attached hydrogens (tertiary/aromatic N) is 3. The molecule has 55 heavy (non-hydrogen) atoms. The number of alkyl carbamates (subject to hydrolysis) is 1. The molecule has 0 saturated heterocycles. The molecule has 3 rings (SSSR count). The van der Waals surface area contributed by atoms with E-state index in [1.165, 1.54) is 0 Å². The van der Waals surface area contributed by atoms with Gasteiger partial charge in [-0.3, -0.25) is 24.4 Å². The van der Waals surface area contributed by atoms with Crippen LogP contribution in [0.2, 0.25) is 0 Å². The molecule has 2 aromatic carbocycles. The lowest BCUT2D eigenvalue weighted by Gasteiger charge is -2.26. The molecule has 13 N–H and O–H groups in total. The molecule has 0 saturated carbocycles. The number of amides is 4. The number of imidazole rings is 1. The van der Waals surface area contributed by atoms with Crippen molar-refractivity contribution < 1.29 is 28.7 Å². The maximum absolute atomic E-state index is 14.1. The molecule has 18 nitrogen and oxygen atoms in total. The van der Waals surface area contributed by atoms with Crippen LogP contribution in [-0.4, -0.2) is 89.6 Å². The van der Waals surface area contributed by atoms with Gasteiger partial charge in [0.25, 0.3) is 0 Å². The first-order valence-electron chi connectivity index (χ1n) is 17.8. The van der Waals surface area contributed by atoms with Gasteiger partial charge in [0, 0.05) is 43.5 Å². The Bertz CT molecular complexity index is 1750. The van der Waals surface area contributed by atoms with E-state index in [4.69, 9.17) is 32.4 Å². The molecule has 1 heterocycles. The van der Waals surface area contributed by atoms with E-state index in [0.717, 1.165) is 11.1 Å². The number of H-pyrrole nitrogens is 1. The minimum atomic E-state index is -1.24. The van der Waals surface area contributed by atoms with E-state index >= 15 is 0 Å². The molecule has 3 atom stereocenters. The fourth-order valence-electron chi connectivity index (χ4n) is 5.24. The number of guanidine groups is 2. The van der Waals surface area contributed by atoms with Crippen LogP contribution in [0.3, 0.4) is 0 Å². The van der Waals surface area contributed by atoms with Crippen molar-refractivity contribution in [3.63, 3.8) is 0 Å². The van der Waals surface area contributed by atoms with Gasteiger partial charge in [-0.25, -0.2) is 9.78 Å². The zero-order valence-electron chi connectivity index (χ0n) is 31.8. The van der Waals surface area contributed by atoms with E-state index in [9.17, 15) is 19.2 Å². The predicted molar refractivity (Wildman–Crippen MR) is 209 cm³/mol. The third kappa shape index (κ3) is 16.1. The van der Waals surface area contributed by atoms with Crippen LogP contribution in [0.5, 0.6) is 5.75 Å². The summed E-state index contributed by atoms with van der Waals surface area (Å²) in [5.41, 5.74) is 23.2. The molecule has 1 aromatic heterocycles. The van der Waals surface area contributed by atoms with E-state index in [1.807, 2.05) is 42.5 Å². The van der Waals surface area contributed by atoms with Crippen LogP contribution in [-0.2, 0) is 32.1 Å². The number of aromatic amines is 1. The Morgan fingerprint density at radius 3 is 1.91 bits per heavy atom. The number of methoxy groups -OCH3 is 1. The van der Waals surface area contributed by atoms with Gasteiger partial charge in [-0.15, -0.1) is 0 Å². The first-order chi connectivity index (χ1) is 26.1. The first-order valence-corrected chi connectivity index (χ1v) is 17.8. The molecule has 0 aliphatic heterocycles. The highest BCUT2D eigenvalue weighted by Crippen LogP contribution is 2.20. The average molecular weight is 763 g/mol. The van der Waals surface area contributed by atoms with Crippen molar-refractivity contribution >= 4 is 35.7 Å². The second-order valence-electron chi connectivity index (χ2n) is 13.6. The Morgan fingerprint density at radius 2 is 1.35 bits per heavy atom. The number of hydrogen-bond donors (Lipinski definition) is 9. The van der Waals surface area contributed by atoms with Crippen LogP contribution < -0.4 is 48.9 Å². The topological polar surface area (TPSA) is 292 Å². The van der Waals surface area contributed by atoms with Crippen molar-refractivity contribution in [1.82, 2.24) is 31.2 Å². The lowest BCUT2D eigenvalue weighted by atomic mass is 10.1. The van der Waals surface area contributed by atoms with Crippen molar-refractivity contribution in [2.45, 2.75) is 83.1 Å². The maximum atomic E-state index is 14.1. The molecule has 0 aliphatic rings. The van der Waals surface area contributed by atoms with Gasteiger partial charge in [0.2, 0.25) is 17.7 Å².